The summed E-state index contributed by atoms with van der Waals surface area (Å²) in [4.78, 5) is 14.8. The molecule has 1 atom stereocenters. The Bertz CT molecular complexity index is 953. The zero-order chi connectivity index (χ0) is 17.4. The molecular formula is C20H14FO3S+. The van der Waals surface area contributed by atoms with Gasteiger partial charge in [0.25, 0.3) is 0 Å². The first kappa shape index (κ1) is 15.7. The summed E-state index contributed by atoms with van der Waals surface area (Å²) < 4.78 is 24.2. The van der Waals surface area contributed by atoms with E-state index >= 15 is 0 Å². The Labute approximate surface area is 147 Å². The van der Waals surface area contributed by atoms with E-state index in [2.05, 4.69) is 0 Å². The van der Waals surface area contributed by atoms with Crippen molar-refractivity contribution < 1.29 is 18.7 Å². The van der Waals surface area contributed by atoms with E-state index in [-0.39, 0.29) is 5.82 Å². The Hall–Kier alpha value is -2.79. The monoisotopic (exact) mass is 353 g/mol. The van der Waals surface area contributed by atoms with E-state index in [1.165, 1.54) is 19.2 Å². The largest absolute Gasteiger partial charge is 0.465 e. The highest BCUT2D eigenvalue weighted by atomic mass is 32.2. The summed E-state index contributed by atoms with van der Waals surface area (Å²) in [5, 5.41) is 0. The van der Waals surface area contributed by atoms with Crippen molar-refractivity contribution in [2.45, 2.75) is 14.7 Å². The van der Waals surface area contributed by atoms with Gasteiger partial charge < -0.3 is 9.47 Å². The first-order valence-electron chi connectivity index (χ1n) is 7.66. The minimum absolute atomic E-state index is 0.268. The molecule has 0 saturated heterocycles. The summed E-state index contributed by atoms with van der Waals surface area (Å²) in [6.07, 6.45) is 0. The molecule has 0 radical (unpaired) electrons. The van der Waals surface area contributed by atoms with Gasteiger partial charge in [0.1, 0.15) is 16.7 Å². The van der Waals surface area contributed by atoms with Crippen molar-refractivity contribution in [3.63, 3.8) is 0 Å². The number of methoxy groups -OCH3 is 1. The van der Waals surface area contributed by atoms with Crippen LogP contribution in [0.25, 0.3) is 0 Å². The summed E-state index contributed by atoms with van der Waals surface area (Å²) in [5.41, 5.74) is 0.434. The first-order chi connectivity index (χ1) is 12.2. The number of rotatable bonds is 2. The predicted octanol–water partition coefficient (Wildman–Crippen LogP) is 4.81. The highest BCUT2D eigenvalue weighted by Gasteiger charge is 2.39. The maximum atomic E-state index is 13.4. The molecule has 3 aromatic carbocycles. The highest BCUT2D eigenvalue weighted by molar-refractivity contribution is 7.97. The van der Waals surface area contributed by atoms with Gasteiger partial charge >= 0.3 is 5.97 Å². The molecule has 0 fully saturated rings. The molecule has 3 nitrogen and oxygen atoms in total. The third-order valence-corrected chi connectivity index (χ3v) is 6.22. The highest BCUT2D eigenvalue weighted by Crippen LogP contribution is 2.47. The van der Waals surface area contributed by atoms with Crippen LogP contribution < -0.4 is 4.74 Å². The van der Waals surface area contributed by atoms with Crippen molar-refractivity contribution in [2.75, 3.05) is 7.11 Å². The molecule has 1 unspecified atom stereocenters. The van der Waals surface area contributed by atoms with Gasteiger partial charge in [-0.05, 0) is 48.5 Å². The lowest BCUT2D eigenvalue weighted by Crippen LogP contribution is -2.13. The van der Waals surface area contributed by atoms with Crippen LogP contribution in [0.2, 0.25) is 0 Å². The van der Waals surface area contributed by atoms with Gasteiger partial charge in [-0.15, -0.1) is 0 Å². The molecule has 0 amide bonds. The van der Waals surface area contributed by atoms with Crippen LogP contribution in [0.3, 0.4) is 0 Å². The smallest absolute Gasteiger partial charge is 0.337 e. The zero-order valence-corrected chi connectivity index (χ0v) is 14.2. The van der Waals surface area contributed by atoms with Gasteiger partial charge in [0.15, 0.2) is 16.4 Å². The number of hydrogen-bond acceptors (Lipinski definition) is 3. The molecule has 124 valence electrons. The summed E-state index contributed by atoms with van der Waals surface area (Å²) in [6, 6.07) is 19.6. The van der Waals surface area contributed by atoms with Crippen molar-refractivity contribution in [2.24, 2.45) is 0 Å². The van der Waals surface area contributed by atoms with Gasteiger partial charge in [-0.3, -0.25) is 0 Å². The molecule has 3 aromatic rings. The third-order valence-electron chi connectivity index (χ3n) is 3.92. The number of esters is 1. The van der Waals surface area contributed by atoms with Gasteiger partial charge in [-0.1, -0.05) is 12.1 Å². The quantitative estimate of drug-likeness (QED) is 0.383. The van der Waals surface area contributed by atoms with Crippen LogP contribution in [-0.4, -0.2) is 13.1 Å². The number of ether oxygens (including phenoxy) is 2. The van der Waals surface area contributed by atoms with Crippen molar-refractivity contribution >= 4 is 16.9 Å². The standard InChI is InChI=1S/C20H14FO3S/c1-23-20(22)13-6-11-19-17(12-13)24-16-4-2-3-5-18(16)25(19)15-9-7-14(21)8-10-15/h2-12H,1H3/q+1. The van der Waals surface area contributed by atoms with Crippen LogP contribution >= 0.6 is 0 Å². The first-order valence-corrected chi connectivity index (χ1v) is 8.89. The van der Waals surface area contributed by atoms with Crippen molar-refractivity contribution in [3.05, 3.63) is 78.1 Å². The second-order valence-electron chi connectivity index (χ2n) is 5.46. The number of hydrogen-bond donors (Lipinski definition) is 0. The molecule has 5 heteroatoms. The second kappa shape index (κ2) is 6.26. The van der Waals surface area contributed by atoms with Crippen LogP contribution in [-0.2, 0) is 15.6 Å². The minimum Gasteiger partial charge on any atom is -0.465 e. The molecule has 0 bridgehead atoms. The van der Waals surface area contributed by atoms with Crippen LogP contribution in [0.4, 0.5) is 4.39 Å². The average Bonchev–Trinajstić information content (AvgIpc) is 2.66. The normalized spacial score (nSPS) is 14.9. The Morgan fingerprint density at radius 3 is 2.44 bits per heavy atom. The van der Waals surface area contributed by atoms with Crippen molar-refractivity contribution in [3.8, 4) is 11.5 Å². The van der Waals surface area contributed by atoms with Gasteiger partial charge in [-0.2, -0.15) is 0 Å². The van der Waals surface area contributed by atoms with Crippen LogP contribution in [0, 0.1) is 5.82 Å². The molecular weight excluding hydrogens is 339 g/mol. The summed E-state index contributed by atoms with van der Waals surface area (Å²) in [7, 11) is 0.915. The topological polar surface area (TPSA) is 35.5 Å². The van der Waals surface area contributed by atoms with Crippen molar-refractivity contribution in [1.82, 2.24) is 0 Å². The summed E-state index contributed by atoms with van der Waals surface area (Å²) in [5.74, 6) is 0.681. The van der Waals surface area contributed by atoms with E-state index in [4.69, 9.17) is 9.47 Å². The van der Waals surface area contributed by atoms with Crippen LogP contribution in [0.15, 0.2) is 81.4 Å². The summed E-state index contributed by atoms with van der Waals surface area (Å²) in [6.45, 7) is 0. The van der Waals surface area contributed by atoms with E-state index in [0.717, 1.165) is 20.4 Å². The second-order valence-corrected chi connectivity index (χ2v) is 7.43. The Morgan fingerprint density at radius 1 is 0.960 bits per heavy atom. The van der Waals surface area contributed by atoms with Gasteiger partial charge in [0, 0.05) is 6.07 Å². The molecule has 4 rings (SSSR count). The van der Waals surface area contributed by atoms with E-state index < -0.39 is 16.9 Å². The number of carbonyl (C=O) groups is 1. The molecule has 1 aliphatic heterocycles. The van der Waals surface area contributed by atoms with Crippen molar-refractivity contribution in [1.29, 1.82) is 0 Å². The van der Waals surface area contributed by atoms with Gasteiger partial charge in [-0.25, -0.2) is 9.18 Å². The number of carbonyl (C=O) groups excluding carboxylic acids is 1. The molecule has 25 heavy (non-hydrogen) atoms. The fourth-order valence-electron chi connectivity index (χ4n) is 2.77. The lowest BCUT2D eigenvalue weighted by Gasteiger charge is -2.20. The van der Waals surface area contributed by atoms with E-state index in [0.29, 0.717) is 11.3 Å². The van der Waals surface area contributed by atoms with Crippen LogP contribution in [0.5, 0.6) is 11.5 Å². The molecule has 0 saturated carbocycles. The SMILES string of the molecule is COC(=O)c1ccc2c(c1)Oc1ccccc1[S+]2c1ccc(F)cc1. The van der Waals surface area contributed by atoms with E-state index in [1.807, 2.05) is 30.3 Å². The Morgan fingerprint density at radius 2 is 1.68 bits per heavy atom. The Kier molecular flexibility index (Phi) is 3.93. The molecule has 0 aliphatic carbocycles. The zero-order valence-electron chi connectivity index (χ0n) is 13.4. The Balaban J connectivity index is 1.89. The number of fused-ring (bicyclic) bond motifs is 2. The number of benzene rings is 3. The predicted molar refractivity (Wildman–Crippen MR) is 92.9 cm³/mol. The number of para-hydroxylation sites is 1. The molecule has 0 spiro atoms. The number of halogens is 1. The third kappa shape index (κ3) is 2.76. The lowest BCUT2D eigenvalue weighted by molar-refractivity contribution is 0.0600. The van der Waals surface area contributed by atoms with E-state index in [9.17, 15) is 9.18 Å². The lowest BCUT2D eigenvalue weighted by atomic mass is 10.2. The van der Waals surface area contributed by atoms with E-state index in [1.54, 1.807) is 24.3 Å². The van der Waals surface area contributed by atoms with Gasteiger partial charge in [0.2, 0.25) is 9.79 Å². The minimum atomic E-state index is -0.433. The molecule has 0 N–H and O–H groups in total. The van der Waals surface area contributed by atoms with Crippen LogP contribution in [0.1, 0.15) is 10.4 Å². The maximum Gasteiger partial charge on any atom is 0.337 e. The fourth-order valence-corrected chi connectivity index (χ4v) is 4.95. The van der Waals surface area contributed by atoms with Gasteiger partial charge in [0.05, 0.1) is 12.7 Å². The molecule has 1 heterocycles. The summed E-state index contributed by atoms with van der Waals surface area (Å²) >= 11 is 0. The molecule has 1 aliphatic rings. The average molecular weight is 353 g/mol. The maximum absolute atomic E-state index is 13.4. The fraction of sp³-hybridized carbons (Fsp3) is 0.0500. The molecule has 0 aromatic heterocycles.